The molecule has 8 heteroatoms. The Balaban J connectivity index is 1.30. The molecule has 0 bridgehead atoms. The zero-order valence-corrected chi connectivity index (χ0v) is 17.4. The van der Waals surface area contributed by atoms with Gasteiger partial charge in [0.1, 0.15) is 23.7 Å². The Kier molecular flexibility index (Phi) is 4.87. The first-order chi connectivity index (χ1) is 14.5. The van der Waals surface area contributed by atoms with Crippen LogP contribution in [-0.4, -0.2) is 41.6 Å². The molecule has 30 heavy (non-hydrogen) atoms. The summed E-state index contributed by atoms with van der Waals surface area (Å²) in [5.74, 6) is 3.20. The quantitative estimate of drug-likeness (QED) is 0.570. The monoisotopic (exact) mass is 427 g/mol. The molecule has 1 aliphatic heterocycles. The lowest BCUT2D eigenvalue weighted by Crippen LogP contribution is -2.19. The van der Waals surface area contributed by atoms with Crippen LogP contribution in [0.4, 0.5) is 21.6 Å². The fourth-order valence-corrected chi connectivity index (χ4v) is 4.81. The Labute approximate surface area is 179 Å². The van der Waals surface area contributed by atoms with Gasteiger partial charge in [0.15, 0.2) is 0 Å². The van der Waals surface area contributed by atoms with Crippen LogP contribution in [0.5, 0.6) is 5.75 Å². The number of halogens is 2. The van der Waals surface area contributed by atoms with Gasteiger partial charge in [0, 0.05) is 30.2 Å². The minimum Gasteiger partial charge on any atom is -0.491 e. The molecule has 2 aliphatic rings. The largest absolute Gasteiger partial charge is 0.491 e. The number of fused-ring (bicyclic) bond motifs is 2. The normalized spacial score (nSPS) is 22.8. The SMILES string of the molecule is CN1CC2C(CCOc3cc4ncnc(Nc5ccc(F)c(Cl)c5)c4cc3N)C2C1. The van der Waals surface area contributed by atoms with Gasteiger partial charge in [0.2, 0.25) is 0 Å². The van der Waals surface area contributed by atoms with Crippen molar-refractivity contribution in [2.45, 2.75) is 6.42 Å². The number of hydrogen-bond donors (Lipinski definition) is 2. The molecular weight excluding hydrogens is 405 g/mol. The summed E-state index contributed by atoms with van der Waals surface area (Å²) in [6.45, 7) is 3.07. The van der Waals surface area contributed by atoms with Crippen LogP contribution < -0.4 is 15.8 Å². The molecule has 1 aliphatic carbocycles. The second-order valence-electron chi connectivity index (χ2n) is 8.23. The maximum absolute atomic E-state index is 13.4. The third-order valence-electron chi connectivity index (χ3n) is 6.21. The summed E-state index contributed by atoms with van der Waals surface area (Å²) in [7, 11) is 2.19. The predicted octanol–water partition coefficient (Wildman–Crippen LogP) is 4.32. The molecule has 1 saturated heterocycles. The number of aromatic nitrogens is 2. The van der Waals surface area contributed by atoms with Gasteiger partial charge in [0.05, 0.1) is 22.8 Å². The van der Waals surface area contributed by atoms with E-state index in [0.29, 0.717) is 29.5 Å². The van der Waals surface area contributed by atoms with Crippen molar-refractivity contribution in [2.75, 3.05) is 37.8 Å². The van der Waals surface area contributed by atoms with Crippen LogP contribution in [0, 0.1) is 23.6 Å². The van der Waals surface area contributed by atoms with Crippen LogP contribution >= 0.6 is 11.6 Å². The number of nitrogen functional groups attached to an aromatic ring is 1. The lowest BCUT2D eigenvalue weighted by molar-refractivity contribution is 0.276. The molecule has 3 aromatic rings. The Morgan fingerprint density at radius 2 is 2.03 bits per heavy atom. The van der Waals surface area contributed by atoms with Gasteiger partial charge in [0.25, 0.3) is 0 Å². The van der Waals surface area contributed by atoms with E-state index in [1.165, 1.54) is 31.5 Å². The van der Waals surface area contributed by atoms with E-state index in [4.69, 9.17) is 22.1 Å². The summed E-state index contributed by atoms with van der Waals surface area (Å²) in [5, 5.41) is 3.95. The van der Waals surface area contributed by atoms with Crippen LogP contribution in [-0.2, 0) is 0 Å². The number of nitrogens with zero attached hydrogens (tertiary/aromatic N) is 3. The second kappa shape index (κ2) is 7.56. The zero-order chi connectivity index (χ0) is 20.8. The van der Waals surface area contributed by atoms with Gasteiger partial charge < -0.3 is 20.7 Å². The Hall–Kier alpha value is -2.64. The molecule has 2 aromatic carbocycles. The highest BCUT2D eigenvalue weighted by Gasteiger charge is 2.53. The van der Waals surface area contributed by atoms with Crippen LogP contribution in [0.2, 0.25) is 5.02 Å². The van der Waals surface area contributed by atoms with Crippen molar-refractivity contribution in [1.82, 2.24) is 14.9 Å². The molecule has 2 fully saturated rings. The maximum atomic E-state index is 13.4. The third-order valence-corrected chi connectivity index (χ3v) is 6.50. The molecule has 6 nitrogen and oxygen atoms in total. The summed E-state index contributed by atoms with van der Waals surface area (Å²) < 4.78 is 19.4. The lowest BCUT2D eigenvalue weighted by Gasteiger charge is -2.14. The van der Waals surface area contributed by atoms with E-state index in [0.717, 1.165) is 35.1 Å². The Morgan fingerprint density at radius 3 is 2.80 bits per heavy atom. The van der Waals surface area contributed by atoms with Crippen molar-refractivity contribution >= 4 is 39.7 Å². The van der Waals surface area contributed by atoms with E-state index in [2.05, 4.69) is 27.2 Å². The smallest absolute Gasteiger partial charge is 0.144 e. The molecule has 0 radical (unpaired) electrons. The minimum atomic E-state index is -0.470. The molecule has 5 rings (SSSR count). The van der Waals surface area contributed by atoms with Gasteiger partial charge in [-0.05, 0) is 55.5 Å². The van der Waals surface area contributed by atoms with E-state index in [1.807, 2.05) is 6.07 Å². The minimum absolute atomic E-state index is 0.0417. The summed E-state index contributed by atoms with van der Waals surface area (Å²) in [4.78, 5) is 11.0. The molecule has 0 spiro atoms. The van der Waals surface area contributed by atoms with E-state index in [9.17, 15) is 4.39 Å². The van der Waals surface area contributed by atoms with Crippen molar-refractivity contribution in [1.29, 1.82) is 0 Å². The van der Waals surface area contributed by atoms with Crippen LogP contribution in [0.15, 0.2) is 36.7 Å². The van der Waals surface area contributed by atoms with Gasteiger partial charge in [-0.15, -0.1) is 0 Å². The van der Waals surface area contributed by atoms with Crippen molar-refractivity contribution < 1.29 is 9.13 Å². The van der Waals surface area contributed by atoms with Gasteiger partial charge >= 0.3 is 0 Å². The van der Waals surface area contributed by atoms with Crippen molar-refractivity contribution in [2.24, 2.45) is 17.8 Å². The first-order valence-corrected chi connectivity index (χ1v) is 10.4. The highest BCUT2D eigenvalue weighted by Crippen LogP contribution is 2.53. The zero-order valence-electron chi connectivity index (χ0n) is 16.6. The molecule has 1 saturated carbocycles. The number of piperidine rings is 1. The van der Waals surface area contributed by atoms with Crippen molar-refractivity contribution in [3.8, 4) is 5.75 Å². The number of ether oxygens (including phenoxy) is 1. The number of likely N-dealkylation sites (tertiary alicyclic amines) is 1. The third kappa shape index (κ3) is 3.63. The van der Waals surface area contributed by atoms with Gasteiger partial charge in [-0.3, -0.25) is 0 Å². The number of benzene rings is 2. The number of anilines is 3. The maximum Gasteiger partial charge on any atom is 0.144 e. The van der Waals surface area contributed by atoms with Crippen LogP contribution in [0.3, 0.4) is 0 Å². The molecule has 2 unspecified atom stereocenters. The van der Waals surface area contributed by atoms with Gasteiger partial charge in [-0.25, -0.2) is 14.4 Å². The highest BCUT2D eigenvalue weighted by atomic mass is 35.5. The molecule has 2 atom stereocenters. The Morgan fingerprint density at radius 1 is 1.23 bits per heavy atom. The first-order valence-electron chi connectivity index (χ1n) is 10.1. The van der Waals surface area contributed by atoms with E-state index in [1.54, 1.807) is 12.1 Å². The number of nitrogens with two attached hydrogens (primary N) is 1. The van der Waals surface area contributed by atoms with Crippen molar-refractivity contribution in [3.05, 3.63) is 47.5 Å². The molecule has 0 amide bonds. The summed E-state index contributed by atoms with van der Waals surface area (Å²) in [6.07, 6.45) is 2.53. The standard InChI is InChI=1S/C22H23ClFN5O/c1-29-9-15-13(16(15)10-29)4-5-30-21-8-20-14(7-19(21)25)22(27-11-26-20)28-12-2-3-18(24)17(23)6-12/h2-3,6-8,11,13,15-16H,4-5,9-10,25H2,1H3,(H,26,27,28). The predicted molar refractivity (Wildman–Crippen MR) is 117 cm³/mol. The summed E-state index contributed by atoms with van der Waals surface area (Å²) >= 11 is 5.87. The molecular formula is C22H23ClFN5O. The molecule has 3 N–H and O–H groups in total. The average molecular weight is 428 g/mol. The highest BCUT2D eigenvalue weighted by molar-refractivity contribution is 6.31. The molecule has 1 aromatic heterocycles. The van der Waals surface area contributed by atoms with Gasteiger partial charge in [-0.1, -0.05) is 11.6 Å². The van der Waals surface area contributed by atoms with E-state index in [-0.39, 0.29) is 5.02 Å². The number of rotatable bonds is 6. The van der Waals surface area contributed by atoms with E-state index < -0.39 is 5.82 Å². The fraction of sp³-hybridized carbons (Fsp3) is 0.364. The van der Waals surface area contributed by atoms with Crippen molar-refractivity contribution in [3.63, 3.8) is 0 Å². The number of nitrogens with one attached hydrogen (secondary N) is 1. The summed E-state index contributed by atoms with van der Waals surface area (Å²) in [5.41, 5.74) is 8.13. The van der Waals surface area contributed by atoms with Gasteiger partial charge in [-0.2, -0.15) is 0 Å². The summed E-state index contributed by atoms with van der Waals surface area (Å²) in [6, 6.07) is 8.06. The first kappa shape index (κ1) is 19.3. The molecule has 156 valence electrons. The van der Waals surface area contributed by atoms with Crippen LogP contribution in [0.1, 0.15) is 6.42 Å². The Bertz CT molecular complexity index is 1100. The average Bonchev–Trinajstić information content (AvgIpc) is 3.17. The lowest BCUT2D eigenvalue weighted by atomic mass is 10.2. The molecule has 2 heterocycles. The second-order valence-corrected chi connectivity index (χ2v) is 8.64. The van der Waals surface area contributed by atoms with Crippen LogP contribution in [0.25, 0.3) is 10.9 Å². The number of hydrogen-bond acceptors (Lipinski definition) is 6. The van der Waals surface area contributed by atoms with E-state index >= 15 is 0 Å². The fourth-order valence-electron chi connectivity index (χ4n) is 4.63. The topological polar surface area (TPSA) is 76.3 Å².